The normalized spacial score (nSPS) is 11.0. The Hall–Kier alpha value is -2.32. The average Bonchev–Trinajstić information content (AvgIpc) is 3.17. The van der Waals surface area contributed by atoms with Crippen molar-refractivity contribution in [2.45, 2.75) is 0 Å². The van der Waals surface area contributed by atoms with E-state index in [9.17, 15) is 9.18 Å². The Morgan fingerprint density at radius 1 is 1.39 bits per heavy atom. The predicted octanol–water partition coefficient (Wildman–Crippen LogP) is 3.60. The average molecular weight is 393 g/mol. The number of hydrogen-bond donors (Lipinski definition) is 1. The number of hydrogen-bond acceptors (Lipinski definition) is 4. The quantitative estimate of drug-likeness (QED) is 0.544. The monoisotopic (exact) mass is 392 g/mol. The number of aromatic nitrogens is 2. The van der Waals surface area contributed by atoms with Crippen LogP contribution in [0.5, 0.6) is 0 Å². The van der Waals surface area contributed by atoms with Crippen LogP contribution in [-0.4, -0.2) is 21.7 Å². The Balaban J connectivity index is 1.74. The molecule has 5 nitrogen and oxygen atoms in total. The van der Waals surface area contributed by atoms with Gasteiger partial charge in [0.1, 0.15) is 11.5 Å². The first-order valence-corrected chi connectivity index (χ1v) is 8.16. The minimum atomic E-state index is -0.404. The van der Waals surface area contributed by atoms with Crippen molar-refractivity contribution in [3.05, 3.63) is 69.1 Å². The summed E-state index contributed by atoms with van der Waals surface area (Å²) in [7, 11) is 0. The zero-order valence-electron chi connectivity index (χ0n) is 11.6. The number of rotatable bonds is 4. The van der Waals surface area contributed by atoms with E-state index in [1.54, 1.807) is 22.9 Å². The molecule has 0 unspecified atom stereocenters. The van der Waals surface area contributed by atoms with E-state index in [0.717, 1.165) is 9.35 Å². The van der Waals surface area contributed by atoms with Crippen LogP contribution in [0.1, 0.15) is 15.4 Å². The molecule has 0 bridgehead atoms. The minimum Gasteiger partial charge on any atom is -0.295 e. The zero-order chi connectivity index (χ0) is 16.2. The van der Waals surface area contributed by atoms with Crippen LogP contribution in [0.3, 0.4) is 0 Å². The van der Waals surface area contributed by atoms with Crippen molar-refractivity contribution < 1.29 is 9.18 Å². The molecule has 0 radical (unpaired) electrons. The molecule has 3 rings (SSSR count). The van der Waals surface area contributed by atoms with Gasteiger partial charge in [-0.3, -0.25) is 9.36 Å². The number of imidazole rings is 1. The highest BCUT2D eigenvalue weighted by Crippen LogP contribution is 2.17. The van der Waals surface area contributed by atoms with Gasteiger partial charge in [-0.2, -0.15) is 5.10 Å². The molecule has 0 saturated carbocycles. The largest absolute Gasteiger partial charge is 0.295 e. The van der Waals surface area contributed by atoms with Crippen molar-refractivity contribution in [3.63, 3.8) is 0 Å². The Bertz CT molecular complexity index is 857. The maximum Gasteiger partial charge on any atom is 0.289 e. The molecular weight excluding hydrogens is 383 g/mol. The van der Waals surface area contributed by atoms with E-state index in [4.69, 9.17) is 0 Å². The van der Waals surface area contributed by atoms with Crippen LogP contribution in [0.25, 0.3) is 5.69 Å². The number of carbonyl (C=O) groups is 1. The number of benzene rings is 1. The third kappa shape index (κ3) is 3.72. The third-order valence-corrected chi connectivity index (χ3v) is 4.55. The molecule has 0 fully saturated rings. The number of hydrazone groups is 1. The first-order valence-electron chi connectivity index (χ1n) is 6.49. The van der Waals surface area contributed by atoms with E-state index in [2.05, 4.69) is 31.4 Å². The van der Waals surface area contributed by atoms with E-state index in [1.165, 1.54) is 36.0 Å². The highest BCUT2D eigenvalue weighted by Gasteiger charge is 2.12. The molecule has 116 valence electrons. The molecule has 2 aromatic heterocycles. The summed E-state index contributed by atoms with van der Waals surface area (Å²) in [4.78, 5) is 17.1. The number of carbonyl (C=O) groups excluding carboxylic acids is 1. The zero-order valence-corrected chi connectivity index (χ0v) is 14.0. The summed E-state index contributed by atoms with van der Waals surface area (Å²) >= 11 is 4.85. The van der Waals surface area contributed by atoms with Crippen molar-refractivity contribution in [1.82, 2.24) is 15.0 Å². The van der Waals surface area contributed by atoms with Crippen LogP contribution in [0, 0.1) is 5.82 Å². The van der Waals surface area contributed by atoms with E-state index in [-0.39, 0.29) is 5.82 Å². The highest BCUT2D eigenvalue weighted by molar-refractivity contribution is 9.10. The van der Waals surface area contributed by atoms with E-state index in [0.29, 0.717) is 11.4 Å². The number of nitrogens with zero attached hydrogens (tertiary/aromatic N) is 3. The molecule has 3 aromatic rings. The van der Waals surface area contributed by atoms with Crippen LogP contribution in [0.4, 0.5) is 4.39 Å². The van der Waals surface area contributed by atoms with Gasteiger partial charge in [0.2, 0.25) is 0 Å². The van der Waals surface area contributed by atoms with Crippen LogP contribution < -0.4 is 5.43 Å². The van der Waals surface area contributed by atoms with E-state index >= 15 is 0 Å². The first kappa shape index (κ1) is 15.6. The molecule has 1 aromatic carbocycles. The summed E-state index contributed by atoms with van der Waals surface area (Å²) in [6.07, 6.45) is 4.48. The van der Waals surface area contributed by atoms with Crippen molar-refractivity contribution in [2.24, 2.45) is 5.10 Å². The van der Waals surface area contributed by atoms with Gasteiger partial charge in [-0.25, -0.2) is 14.8 Å². The fourth-order valence-electron chi connectivity index (χ4n) is 1.88. The van der Waals surface area contributed by atoms with Gasteiger partial charge in [-0.15, -0.1) is 11.3 Å². The van der Waals surface area contributed by atoms with Gasteiger partial charge in [-0.05, 0) is 46.3 Å². The number of amides is 1. The second kappa shape index (κ2) is 6.84. The van der Waals surface area contributed by atoms with Gasteiger partial charge in [-0.1, -0.05) is 0 Å². The van der Waals surface area contributed by atoms with Gasteiger partial charge in [0.25, 0.3) is 5.91 Å². The van der Waals surface area contributed by atoms with Crippen molar-refractivity contribution in [1.29, 1.82) is 0 Å². The van der Waals surface area contributed by atoms with Crippen molar-refractivity contribution in [3.8, 4) is 5.69 Å². The van der Waals surface area contributed by atoms with Gasteiger partial charge in [0.15, 0.2) is 0 Å². The van der Waals surface area contributed by atoms with Gasteiger partial charge < -0.3 is 0 Å². The van der Waals surface area contributed by atoms with E-state index < -0.39 is 5.91 Å². The van der Waals surface area contributed by atoms with Crippen LogP contribution in [0.15, 0.2) is 57.8 Å². The molecule has 23 heavy (non-hydrogen) atoms. The van der Waals surface area contributed by atoms with Crippen LogP contribution in [-0.2, 0) is 0 Å². The molecule has 0 atom stereocenters. The maximum atomic E-state index is 13.0. The Labute approximate surface area is 143 Å². The molecule has 0 saturated heterocycles. The SMILES string of the molecule is O=C(N/N=C/c1cc(Br)cs1)c1cncn1-c1ccc(F)cc1. The highest BCUT2D eigenvalue weighted by atomic mass is 79.9. The number of thiophene rings is 1. The summed E-state index contributed by atoms with van der Waals surface area (Å²) in [6.45, 7) is 0. The van der Waals surface area contributed by atoms with Crippen LogP contribution >= 0.6 is 27.3 Å². The Kier molecular flexibility index (Phi) is 4.63. The molecule has 0 aliphatic carbocycles. The number of halogens is 2. The Morgan fingerprint density at radius 3 is 2.87 bits per heavy atom. The minimum absolute atomic E-state index is 0.307. The summed E-state index contributed by atoms with van der Waals surface area (Å²) in [5.41, 5.74) is 3.40. The lowest BCUT2D eigenvalue weighted by atomic mass is 10.3. The van der Waals surface area contributed by atoms with Gasteiger partial charge in [0, 0.05) is 20.4 Å². The Morgan fingerprint density at radius 2 is 2.17 bits per heavy atom. The standard InChI is InChI=1S/C15H10BrFN4OS/c16-10-5-13(23-8-10)6-19-20-15(22)14-7-18-9-21(14)12-3-1-11(17)2-4-12/h1-9H,(H,20,22)/b19-6+. The fraction of sp³-hybridized carbons (Fsp3) is 0. The lowest BCUT2D eigenvalue weighted by molar-refractivity contribution is 0.0948. The topological polar surface area (TPSA) is 59.3 Å². The fourth-order valence-corrected chi connectivity index (χ4v) is 3.18. The lowest BCUT2D eigenvalue weighted by Crippen LogP contribution is -2.20. The molecular formula is C15H10BrFN4OS. The molecule has 0 spiro atoms. The second-order valence-electron chi connectivity index (χ2n) is 4.49. The van der Waals surface area contributed by atoms with Gasteiger partial charge >= 0.3 is 0 Å². The summed E-state index contributed by atoms with van der Waals surface area (Å²) in [5, 5.41) is 5.85. The molecule has 1 N–H and O–H groups in total. The lowest BCUT2D eigenvalue weighted by Gasteiger charge is -2.06. The molecule has 1 amide bonds. The molecule has 8 heteroatoms. The predicted molar refractivity (Wildman–Crippen MR) is 90.6 cm³/mol. The summed E-state index contributed by atoms with van der Waals surface area (Å²) in [6, 6.07) is 7.68. The van der Waals surface area contributed by atoms with E-state index in [1.807, 2.05) is 11.4 Å². The second-order valence-corrected chi connectivity index (χ2v) is 6.35. The molecule has 0 aliphatic rings. The maximum absolute atomic E-state index is 13.0. The first-order chi connectivity index (χ1) is 11.1. The molecule has 2 heterocycles. The smallest absolute Gasteiger partial charge is 0.289 e. The molecule has 0 aliphatic heterocycles. The van der Waals surface area contributed by atoms with Crippen molar-refractivity contribution >= 4 is 39.4 Å². The van der Waals surface area contributed by atoms with Crippen LogP contribution in [0.2, 0.25) is 0 Å². The summed E-state index contributed by atoms with van der Waals surface area (Å²) in [5.74, 6) is -0.745. The summed E-state index contributed by atoms with van der Waals surface area (Å²) < 4.78 is 15.5. The number of nitrogens with one attached hydrogen (secondary N) is 1. The van der Waals surface area contributed by atoms with Gasteiger partial charge in [0.05, 0.1) is 18.7 Å². The third-order valence-electron chi connectivity index (χ3n) is 2.92. The van der Waals surface area contributed by atoms with Crippen molar-refractivity contribution in [2.75, 3.05) is 0 Å².